The zero-order chi connectivity index (χ0) is 11.1. The highest BCUT2D eigenvalue weighted by Crippen LogP contribution is 2.26. The number of hydrogen-bond donors (Lipinski definition) is 1. The first-order chi connectivity index (χ1) is 7.27. The highest BCUT2D eigenvalue weighted by atomic mass is 16.1. The molecule has 4 nitrogen and oxygen atoms in total. The second kappa shape index (κ2) is 6.41. The van der Waals surface area contributed by atoms with Gasteiger partial charge in [0.15, 0.2) is 0 Å². The van der Waals surface area contributed by atoms with E-state index in [-0.39, 0.29) is 5.91 Å². The summed E-state index contributed by atoms with van der Waals surface area (Å²) in [5.41, 5.74) is 0. The first-order valence-electron chi connectivity index (χ1n) is 5.59. The average Bonchev–Trinajstić information content (AvgIpc) is 3.06. The lowest BCUT2D eigenvalue weighted by Crippen LogP contribution is -2.29. The molecule has 0 heterocycles. The van der Waals surface area contributed by atoms with E-state index in [9.17, 15) is 4.79 Å². The highest BCUT2D eigenvalue weighted by molar-refractivity contribution is 5.75. The van der Waals surface area contributed by atoms with Crippen molar-refractivity contribution in [3.63, 3.8) is 0 Å². The molecule has 1 saturated carbocycles. The summed E-state index contributed by atoms with van der Waals surface area (Å²) in [4.78, 5) is 13.4. The summed E-state index contributed by atoms with van der Waals surface area (Å²) in [7, 11) is 1.66. The summed E-state index contributed by atoms with van der Waals surface area (Å²) in [6, 6.07) is 2.85. The Morgan fingerprint density at radius 2 is 2.27 bits per heavy atom. The molecule has 84 valence electrons. The van der Waals surface area contributed by atoms with E-state index in [1.54, 1.807) is 7.05 Å². The van der Waals surface area contributed by atoms with Crippen LogP contribution in [0.15, 0.2) is 0 Å². The van der Waals surface area contributed by atoms with Crippen LogP contribution < -0.4 is 5.32 Å². The Hall–Kier alpha value is -1.08. The summed E-state index contributed by atoms with van der Waals surface area (Å²) < 4.78 is 0. The summed E-state index contributed by atoms with van der Waals surface area (Å²) in [6.07, 6.45) is 4.58. The zero-order valence-corrected chi connectivity index (χ0v) is 9.33. The maximum absolute atomic E-state index is 11.0. The Morgan fingerprint density at radius 3 is 2.80 bits per heavy atom. The number of nitrogens with one attached hydrogen (secondary N) is 1. The molecule has 0 aromatic carbocycles. The van der Waals surface area contributed by atoms with Crippen molar-refractivity contribution in [1.82, 2.24) is 10.2 Å². The van der Waals surface area contributed by atoms with Gasteiger partial charge in [-0.05, 0) is 25.8 Å². The second-order valence-electron chi connectivity index (χ2n) is 3.95. The van der Waals surface area contributed by atoms with Crippen LogP contribution in [0.2, 0.25) is 0 Å². The molecular weight excluding hydrogens is 190 g/mol. The van der Waals surface area contributed by atoms with Gasteiger partial charge in [0.2, 0.25) is 5.91 Å². The quantitative estimate of drug-likeness (QED) is 0.677. The van der Waals surface area contributed by atoms with Crippen molar-refractivity contribution in [3.05, 3.63) is 0 Å². The van der Waals surface area contributed by atoms with Crippen LogP contribution in [-0.2, 0) is 4.79 Å². The van der Waals surface area contributed by atoms with Crippen LogP contribution in [0.5, 0.6) is 0 Å². The number of hydrogen-bond acceptors (Lipinski definition) is 3. The molecule has 1 fully saturated rings. The Labute approximate surface area is 91.2 Å². The third kappa shape index (κ3) is 4.80. The van der Waals surface area contributed by atoms with E-state index in [1.807, 2.05) is 0 Å². The van der Waals surface area contributed by atoms with Crippen LogP contribution >= 0.6 is 0 Å². The molecule has 0 aromatic heterocycles. The fourth-order valence-corrected chi connectivity index (χ4v) is 1.68. The summed E-state index contributed by atoms with van der Waals surface area (Å²) in [5.74, 6) is 0.103. The van der Waals surface area contributed by atoms with Gasteiger partial charge in [0.05, 0.1) is 6.07 Å². The van der Waals surface area contributed by atoms with Crippen molar-refractivity contribution in [1.29, 1.82) is 5.26 Å². The first kappa shape index (κ1) is 12.0. The topological polar surface area (TPSA) is 56.1 Å². The monoisotopic (exact) mass is 209 g/mol. The number of nitriles is 1. The van der Waals surface area contributed by atoms with Gasteiger partial charge in [0.1, 0.15) is 0 Å². The molecule has 1 aliphatic rings. The van der Waals surface area contributed by atoms with Crippen molar-refractivity contribution in [3.8, 4) is 6.07 Å². The average molecular weight is 209 g/mol. The Balaban J connectivity index is 2.14. The third-order valence-corrected chi connectivity index (χ3v) is 2.70. The van der Waals surface area contributed by atoms with E-state index in [1.165, 1.54) is 12.8 Å². The molecule has 0 radical (unpaired) electrons. The van der Waals surface area contributed by atoms with Gasteiger partial charge in [-0.3, -0.25) is 9.69 Å². The molecule has 0 atom stereocenters. The lowest BCUT2D eigenvalue weighted by atomic mass is 10.2. The molecule has 0 aliphatic heterocycles. The summed E-state index contributed by atoms with van der Waals surface area (Å²) >= 11 is 0. The molecule has 0 unspecified atom stereocenters. The van der Waals surface area contributed by atoms with Crippen molar-refractivity contribution in [2.24, 2.45) is 0 Å². The molecular formula is C11H19N3O. The van der Waals surface area contributed by atoms with Crippen molar-refractivity contribution < 1.29 is 4.79 Å². The number of rotatable bonds is 7. The van der Waals surface area contributed by atoms with E-state index < -0.39 is 0 Å². The molecule has 1 amide bonds. The van der Waals surface area contributed by atoms with E-state index in [4.69, 9.17) is 5.26 Å². The first-order valence-corrected chi connectivity index (χ1v) is 5.59. The van der Waals surface area contributed by atoms with Gasteiger partial charge in [-0.1, -0.05) is 0 Å². The van der Waals surface area contributed by atoms with Crippen LogP contribution in [0.3, 0.4) is 0 Å². The number of nitrogens with zero attached hydrogens (tertiary/aromatic N) is 2. The predicted molar refractivity (Wildman–Crippen MR) is 58.1 cm³/mol. The van der Waals surface area contributed by atoms with Crippen LogP contribution in [0.25, 0.3) is 0 Å². The molecule has 0 bridgehead atoms. The summed E-state index contributed by atoms with van der Waals surface area (Å²) in [6.45, 7) is 1.80. The van der Waals surface area contributed by atoms with Gasteiger partial charge in [-0.2, -0.15) is 5.26 Å². The normalized spacial score (nSPS) is 15.0. The SMILES string of the molecule is CNC(=O)CCCN(CCC#N)C1CC1. The summed E-state index contributed by atoms with van der Waals surface area (Å²) in [5, 5.41) is 11.1. The molecule has 15 heavy (non-hydrogen) atoms. The molecule has 1 N–H and O–H groups in total. The van der Waals surface area contributed by atoms with Crippen molar-refractivity contribution in [2.45, 2.75) is 38.1 Å². The lowest BCUT2D eigenvalue weighted by Gasteiger charge is -2.20. The Morgan fingerprint density at radius 1 is 1.53 bits per heavy atom. The standard InChI is InChI=1S/C11H19N3O/c1-13-11(15)4-2-8-14(9-3-7-12)10-5-6-10/h10H,2-6,8-9H2,1H3,(H,13,15). The third-order valence-electron chi connectivity index (χ3n) is 2.70. The zero-order valence-electron chi connectivity index (χ0n) is 9.33. The fraction of sp³-hybridized carbons (Fsp3) is 0.818. The Bertz CT molecular complexity index is 243. The van der Waals surface area contributed by atoms with Crippen LogP contribution in [-0.4, -0.2) is 37.0 Å². The van der Waals surface area contributed by atoms with Crippen molar-refractivity contribution in [2.75, 3.05) is 20.1 Å². The van der Waals surface area contributed by atoms with Gasteiger partial charge in [-0.15, -0.1) is 0 Å². The van der Waals surface area contributed by atoms with Gasteiger partial charge < -0.3 is 5.32 Å². The molecule has 1 aliphatic carbocycles. The molecule has 4 heteroatoms. The van der Waals surface area contributed by atoms with E-state index >= 15 is 0 Å². The molecule has 1 rings (SSSR count). The van der Waals surface area contributed by atoms with E-state index in [0.717, 1.165) is 19.5 Å². The maximum atomic E-state index is 11.0. The number of amides is 1. The van der Waals surface area contributed by atoms with Gasteiger partial charge in [0.25, 0.3) is 0 Å². The van der Waals surface area contributed by atoms with Crippen LogP contribution in [0.4, 0.5) is 0 Å². The smallest absolute Gasteiger partial charge is 0.219 e. The van der Waals surface area contributed by atoms with Crippen LogP contribution in [0, 0.1) is 11.3 Å². The molecule has 0 spiro atoms. The Kier molecular flexibility index (Phi) is 5.13. The fourth-order valence-electron chi connectivity index (χ4n) is 1.68. The molecule has 0 aromatic rings. The minimum absolute atomic E-state index is 0.103. The van der Waals surface area contributed by atoms with Gasteiger partial charge in [0, 0.05) is 32.5 Å². The largest absolute Gasteiger partial charge is 0.359 e. The minimum Gasteiger partial charge on any atom is -0.359 e. The van der Waals surface area contributed by atoms with Gasteiger partial charge in [-0.25, -0.2) is 0 Å². The second-order valence-corrected chi connectivity index (χ2v) is 3.95. The van der Waals surface area contributed by atoms with Crippen molar-refractivity contribution >= 4 is 5.91 Å². The minimum atomic E-state index is 0.103. The van der Waals surface area contributed by atoms with E-state index in [2.05, 4.69) is 16.3 Å². The predicted octanol–water partition coefficient (Wildman–Crippen LogP) is 0.891. The number of carbonyl (C=O) groups excluding carboxylic acids is 1. The molecule has 0 saturated heterocycles. The van der Waals surface area contributed by atoms with Gasteiger partial charge >= 0.3 is 0 Å². The maximum Gasteiger partial charge on any atom is 0.219 e. The highest BCUT2D eigenvalue weighted by Gasteiger charge is 2.27. The lowest BCUT2D eigenvalue weighted by molar-refractivity contribution is -0.120. The van der Waals surface area contributed by atoms with Crippen LogP contribution in [0.1, 0.15) is 32.1 Å². The van der Waals surface area contributed by atoms with E-state index in [0.29, 0.717) is 18.9 Å². The number of carbonyl (C=O) groups is 1.